The van der Waals surface area contributed by atoms with E-state index in [9.17, 15) is 14.0 Å². The number of nitrogens with one attached hydrogen (secondary N) is 1. The van der Waals surface area contributed by atoms with Crippen molar-refractivity contribution < 1.29 is 18.7 Å². The van der Waals surface area contributed by atoms with Gasteiger partial charge in [-0.05, 0) is 36.8 Å². The second-order valence-electron chi connectivity index (χ2n) is 6.09. The minimum atomic E-state index is -0.851. The quantitative estimate of drug-likeness (QED) is 0.933. The summed E-state index contributed by atoms with van der Waals surface area (Å²) < 4.78 is 18.5. The molecule has 1 heterocycles. The molecule has 1 N–H and O–H groups in total. The molecule has 5 nitrogen and oxygen atoms in total. The van der Waals surface area contributed by atoms with Crippen molar-refractivity contribution in [2.24, 2.45) is 0 Å². The highest BCUT2D eigenvalue weighted by molar-refractivity contribution is 5.96. The van der Waals surface area contributed by atoms with Gasteiger partial charge in [0.05, 0.1) is 6.04 Å². The van der Waals surface area contributed by atoms with Gasteiger partial charge in [-0.15, -0.1) is 0 Å². The lowest BCUT2D eigenvalue weighted by Crippen LogP contribution is -2.51. The van der Waals surface area contributed by atoms with Crippen molar-refractivity contribution in [3.8, 4) is 0 Å². The van der Waals surface area contributed by atoms with Crippen molar-refractivity contribution in [1.29, 1.82) is 0 Å². The van der Waals surface area contributed by atoms with Crippen LogP contribution in [0.4, 0.5) is 10.1 Å². The van der Waals surface area contributed by atoms with Crippen LogP contribution in [0.1, 0.15) is 17.2 Å². The van der Waals surface area contributed by atoms with Crippen molar-refractivity contribution in [3.63, 3.8) is 0 Å². The van der Waals surface area contributed by atoms with Gasteiger partial charge in [0.15, 0.2) is 6.10 Å². The van der Waals surface area contributed by atoms with E-state index in [4.69, 9.17) is 4.74 Å². The molecule has 2 aromatic rings. The Labute approximate surface area is 145 Å². The number of hydrogen-bond acceptors (Lipinski definition) is 3. The monoisotopic (exact) mass is 342 g/mol. The van der Waals surface area contributed by atoms with Crippen molar-refractivity contribution in [2.75, 3.05) is 19.0 Å². The predicted molar refractivity (Wildman–Crippen MR) is 91.5 cm³/mol. The van der Waals surface area contributed by atoms with Crippen LogP contribution >= 0.6 is 0 Å². The number of nitrogens with zero attached hydrogens (tertiary/aromatic N) is 1. The molecule has 1 aliphatic heterocycles. The minimum absolute atomic E-state index is 0.152. The summed E-state index contributed by atoms with van der Waals surface area (Å²) >= 11 is 0. The number of anilines is 1. The van der Waals surface area contributed by atoms with E-state index < -0.39 is 12.1 Å². The van der Waals surface area contributed by atoms with Gasteiger partial charge in [-0.2, -0.15) is 0 Å². The van der Waals surface area contributed by atoms with Crippen molar-refractivity contribution >= 4 is 17.5 Å². The van der Waals surface area contributed by atoms with Gasteiger partial charge in [-0.25, -0.2) is 4.39 Å². The zero-order valence-corrected chi connectivity index (χ0v) is 14.0. The molecule has 0 bridgehead atoms. The molecule has 2 atom stereocenters. The van der Waals surface area contributed by atoms with Gasteiger partial charge in [0.1, 0.15) is 12.4 Å². The first-order valence-electron chi connectivity index (χ1n) is 7.96. The number of carbonyl (C=O) groups excluding carboxylic acids is 2. The molecular weight excluding hydrogens is 323 g/mol. The third kappa shape index (κ3) is 3.69. The fraction of sp³-hybridized carbons (Fsp3) is 0.263. The van der Waals surface area contributed by atoms with Gasteiger partial charge >= 0.3 is 0 Å². The average Bonchev–Trinajstić information content (AvgIpc) is 2.60. The van der Waals surface area contributed by atoms with Gasteiger partial charge in [-0.1, -0.05) is 29.8 Å². The first-order valence-corrected chi connectivity index (χ1v) is 7.96. The second-order valence-corrected chi connectivity index (χ2v) is 6.09. The Morgan fingerprint density at radius 1 is 1.16 bits per heavy atom. The van der Waals surface area contributed by atoms with E-state index in [0.29, 0.717) is 5.69 Å². The SMILES string of the molecule is Cc1ccc([C@H]2[C@H](C(=O)Nc3ccc(F)cc3)OCC(=O)N2C)cc1. The Kier molecular flexibility index (Phi) is 4.81. The number of amides is 2. The summed E-state index contributed by atoms with van der Waals surface area (Å²) in [6.07, 6.45) is -0.851. The van der Waals surface area contributed by atoms with E-state index in [2.05, 4.69) is 5.32 Å². The smallest absolute Gasteiger partial charge is 0.256 e. The highest BCUT2D eigenvalue weighted by atomic mass is 19.1. The molecule has 2 amide bonds. The van der Waals surface area contributed by atoms with Crippen LogP contribution in [0, 0.1) is 12.7 Å². The molecule has 1 saturated heterocycles. The zero-order chi connectivity index (χ0) is 18.0. The maximum Gasteiger partial charge on any atom is 0.256 e. The van der Waals surface area contributed by atoms with E-state index in [1.807, 2.05) is 31.2 Å². The molecule has 0 radical (unpaired) electrons. The molecule has 0 unspecified atom stereocenters. The van der Waals surface area contributed by atoms with E-state index in [1.54, 1.807) is 7.05 Å². The highest BCUT2D eigenvalue weighted by Crippen LogP contribution is 2.30. The number of rotatable bonds is 3. The van der Waals surface area contributed by atoms with Crippen LogP contribution in [-0.4, -0.2) is 36.5 Å². The number of halogens is 1. The largest absolute Gasteiger partial charge is 0.356 e. The van der Waals surface area contributed by atoms with E-state index >= 15 is 0 Å². The lowest BCUT2D eigenvalue weighted by molar-refractivity contribution is -0.160. The van der Waals surface area contributed by atoms with Gasteiger partial charge in [0.25, 0.3) is 5.91 Å². The van der Waals surface area contributed by atoms with Crippen LogP contribution in [0.2, 0.25) is 0 Å². The lowest BCUT2D eigenvalue weighted by Gasteiger charge is -2.38. The summed E-state index contributed by atoms with van der Waals surface area (Å²) in [4.78, 5) is 26.3. The molecule has 2 aromatic carbocycles. The molecule has 3 rings (SSSR count). The Hall–Kier alpha value is -2.73. The summed E-state index contributed by atoms with van der Waals surface area (Å²) in [5.74, 6) is -0.942. The van der Waals surface area contributed by atoms with Crippen LogP contribution in [0.25, 0.3) is 0 Å². The normalized spacial score (nSPS) is 20.4. The summed E-state index contributed by atoms with van der Waals surface area (Å²) in [6.45, 7) is 1.81. The number of likely N-dealkylation sites (N-methyl/N-ethyl adjacent to an activating group) is 1. The third-order valence-corrected chi connectivity index (χ3v) is 4.27. The van der Waals surface area contributed by atoms with Gasteiger partial charge in [0.2, 0.25) is 5.91 Å². The molecule has 0 aromatic heterocycles. The van der Waals surface area contributed by atoms with Crippen molar-refractivity contribution in [3.05, 3.63) is 65.5 Å². The van der Waals surface area contributed by atoms with Crippen LogP contribution in [-0.2, 0) is 14.3 Å². The topological polar surface area (TPSA) is 58.6 Å². The van der Waals surface area contributed by atoms with Crippen molar-refractivity contribution in [2.45, 2.75) is 19.1 Å². The average molecular weight is 342 g/mol. The summed E-state index contributed by atoms with van der Waals surface area (Å²) in [6, 6.07) is 12.6. The number of aryl methyl sites for hydroxylation is 1. The number of morpholine rings is 1. The first-order chi connectivity index (χ1) is 12.0. The maximum absolute atomic E-state index is 13.0. The third-order valence-electron chi connectivity index (χ3n) is 4.27. The van der Waals surface area contributed by atoms with E-state index in [1.165, 1.54) is 29.2 Å². The minimum Gasteiger partial charge on any atom is -0.356 e. The van der Waals surface area contributed by atoms with Gasteiger partial charge in [-0.3, -0.25) is 9.59 Å². The molecule has 130 valence electrons. The molecule has 1 fully saturated rings. The Bertz CT molecular complexity index is 774. The Morgan fingerprint density at radius 3 is 2.44 bits per heavy atom. The number of ether oxygens (including phenoxy) is 1. The fourth-order valence-electron chi connectivity index (χ4n) is 2.84. The Morgan fingerprint density at radius 2 is 1.80 bits per heavy atom. The summed E-state index contributed by atoms with van der Waals surface area (Å²) in [5.41, 5.74) is 2.37. The molecule has 0 spiro atoms. The maximum atomic E-state index is 13.0. The highest BCUT2D eigenvalue weighted by Gasteiger charge is 2.40. The van der Waals surface area contributed by atoms with Gasteiger partial charge in [0, 0.05) is 12.7 Å². The molecule has 0 aliphatic carbocycles. The fourth-order valence-corrected chi connectivity index (χ4v) is 2.84. The molecule has 1 aliphatic rings. The van der Waals surface area contributed by atoms with Crippen LogP contribution in [0.15, 0.2) is 48.5 Å². The first kappa shape index (κ1) is 17.1. The number of hydrogen-bond donors (Lipinski definition) is 1. The molecular formula is C19H19FN2O3. The molecule has 6 heteroatoms. The summed E-state index contributed by atoms with van der Waals surface area (Å²) in [5, 5.41) is 2.72. The second kappa shape index (κ2) is 7.03. The van der Waals surface area contributed by atoms with Gasteiger partial charge < -0.3 is 15.0 Å². The van der Waals surface area contributed by atoms with E-state index in [0.717, 1.165) is 11.1 Å². The van der Waals surface area contributed by atoms with Crippen LogP contribution in [0.5, 0.6) is 0 Å². The lowest BCUT2D eigenvalue weighted by atomic mass is 9.96. The van der Waals surface area contributed by atoms with E-state index in [-0.39, 0.29) is 24.2 Å². The van der Waals surface area contributed by atoms with Crippen LogP contribution in [0.3, 0.4) is 0 Å². The summed E-state index contributed by atoms with van der Waals surface area (Å²) in [7, 11) is 1.66. The molecule has 0 saturated carbocycles. The predicted octanol–water partition coefficient (Wildman–Crippen LogP) is 2.67. The molecule has 25 heavy (non-hydrogen) atoms. The standard InChI is InChI=1S/C19H19FN2O3/c1-12-3-5-13(6-4-12)17-18(25-11-16(23)22(17)2)19(24)21-15-9-7-14(20)8-10-15/h3-10,17-18H,11H2,1-2H3,(H,21,24)/t17-,18+/m0/s1. The van der Waals surface area contributed by atoms with Crippen LogP contribution < -0.4 is 5.32 Å². The Balaban J connectivity index is 1.85. The number of benzene rings is 2. The van der Waals surface area contributed by atoms with Crippen molar-refractivity contribution in [1.82, 2.24) is 4.90 Å². The zero-order valence-electron chi connectivity index (χ0n) is 14.0. The number of carbonyl (C=O) groups is 2.